The Labute approximate surface area is 101 Å². The van der Waals surface area contributed by atoms with Gasteiger partial charge in [-0.3, -0.25) is 0 Å². The fraction of sp³-hybridized carbons (Fsp3) is 0.400. The maximum absolute atomic E-state index is 12.1. The zero-order valence-corrected chi connectivity index (χ0v) is 9.56. The predicted molar refractivity (Wildman–Crippen MR) is 54.5 cm³/mol. The highest BCUT2D eigenvalue weighted by molar-refractivity contribution is 6.17. The number of alkyl halides is 4. The molecule has 0 saturated heterocycles. The Balaban J connectivity index is 3.26. The van der Waals surface area contributed by atoms with E-state index in [0.29, 0.717) is 11.1 Å². The fourth-order valence-electron chi connectivity index (χ4n) is 1.32. The number of nitriles is 1. The molecule has 0 atom stereocenters. The molecule has 0 aliphatic rings. The van der Waals surface area contributed by atoms with E-state index in [1.54, 1.807) is 13.0 Å². The van der Waals surface area contributed by atoms with E-state index in [9.17, 15) is 13.2 Å². The van der Waals surface area contributed by atoms with Crippen LogP contribution < -0.4 is 4.74 Å². The molecule has 0 radical (unpaired) electrons. The van der Waals surface area contributed by atoms with E-state index in [1.807, 2.05) is 0 Å². The van der Waals surface area contributed by atoms with Crippen LogP contribution in [0.15, 0.2) is 6.20 Å². The van der Waals surface area contributed by atoms with Crippen molar-refractivity contribution >= 4 is 11.6 Å². The molecule has 0 amide bonds. The van der Waals surface area contributed by atoms with Gasteiger partial charge >= 0.3 is 6.36 Å². The summed E-state index contributed by atoms with van der Waals surface area (Å²) in [5.74, 6) is -0.611. The van der Waals surface area contributed by atoms with Crippen molar-refractivity contribution in [2.75, 3.05) is 0 Å². The molecule has 7 heteroatoms. The van der Waals surface area contributed by atoms with Gasteiger partial charge in [-0.15, -0.1) is 24.8 Å². The minimum Gasteiger partial charge on any atom is -0.388 e. The maximum atomic E-state index is 12.1. The van der Waals surface area contributed by atoms with Crippen LogP contribution in [0.1, 0.15) is 16.7 Å². The van der Waals surface area contributed by atoms with E-state index in [1.165, 1.54) is 6.20 Å². The van der Waals surface area contributed by atoms with Crippen LogP contribution in [0.3, 0.4) is 0 Å². The summed E-state index contributed by atoms with van der Waals surface area (Å²) < 4.78 is 40.1. The topological polar surface area (TPSA) is 45.9 Å². The molecular weight excluding hydrogens is 257 g/mol. The quantitative estimate of drug-likeness (QED) is 0.788. The van der Waals surface area contributed by atoms with Crippen LogP contribution in [0.4, 0.5) is 13.2 Å². The normalized spacial score (nSPS) is 11.1. The van der Waals surface area contributed by atoms with Gasteiger partial charge < -0.3 is 4.74 Å². The van der Waals surface area contributed by atoms with E-state index in [0.717, 1.165) is 0 Å². The van der Waals surface area contributed by atoms with Crippen molar-refractivity contribution in [1.82, 2.24) is 4.98 Å². The molecule has 0 unspecified atom stereocenters. The number of rotatable bonds is 3. The van der Waals surface area contributed by atoms with E-state index >= 15 is 0 Å². The lowest BCUT2D eigenvalue weighted by Crippen LogP contribution is -2.19. The zero-order valence-electron chi connectivity index (χ0n) is 8.81. The van der Waals surface area contributed by atoms with Crippen molar-refractivity contribution < 1.29 is 17.9 Å². The summed E-state index contributed by atoms with van der Waals surface area (Å²) in [5, 5.41) is 8.60. The van der Waals surface area contributed by atoms with E-state index in [2.05, 4.69) is 9.72 Å². The van der Waals surface area contributed by atoms with Gasteiger partial charge in [-0.05, 0) is 18.1 Å². The van der Waals surface area contributed by atoms with Gasteiger partial charge in [0.05, 0.1) is 12.5 Å². The minimum atomic E-state index is -4.84. The number of pyridine rings is 1. The van der Waals surface area contributed by atoms with Crippen LogP contribution in [-0.2, 0) is 12.3 Å². The third-order valence-corrected chi connectivity index (χ3v) is 2.34. The predicted octanol–water partition coefficient (Wildman–Crippen LogP) is 3.09. The molecule has 0 aliphatic carbocycles. The maximum Gasteiger partial charge on any atom is 0.574 e. The first kappa shape index (κ1) is 13.6. The highest BCUT2D eigenvalue weighted by Crippen LogP contribution is 2.29. The molecule has 0 N–H and O–H groups in total. The molecule has 1 aromatic heterocycles. The summed E-state index contributed by atoms with van der Waals surface area (Å²) in [4.78, 5) is 3.54. The molecule has 92 valence electrons. The van der Waals surface area contributed by atoms with Gasteiger partial charge in [0, 0.05) is 17.6 Å². The van der Waals surface area contributed by atoms with Gasteiger partial charge in [-0.1, -0.05) is 0 Å². The summed E-state index contributed by atoms with van der Waals surface area (Å²) in [6.07, 6.45) is -3.84. The fourth-order valence-corrected chi connectivity index (χ4v) is 1.70. The number of halogens is 4. The lowest BCUT2D eigenvalue weighted by Gasteiger charge is -2.14. The first-order valence-corrected chi connectivity index (χ1v) is 5.08. The average molecular weight is 265 g/mol. The third-order valence-electron chi connectivity index (χ3n) is 2.08. The summed E-state index contributed by atoms with van der Waals surface area (Å²) in [6, 6.07) is 1.77. The molecule has 3 nitrogen and oxygen atoms in total. The van der Waals surface area contributed by atoms with Gasteiger partial charge in [-0.2, -0.15) is 5.26 Å². The molecular formula is C10H8ClF3N2O. The summed E-state index contributed by atoms with van der Waals surface area (Å²) >= 11 is 5.64. The summed E-state index contributed by atoms with van der Waals surface area (Å²) in [7, 11) is 0. The van der Waals surface area contributed by atoms with Gasteiger partial charge in [0.25, 0.3) is 0 Å². The second kappa shape index (κ2) is 5.23. The van der Waals surface area contributed by atoms with Crippen molar-refractivity contribution in [3.05, 3.63) is 22.9 Å². The number of aromatic nitrogens is 1. The van der Waals surface area contributed by atoms with E-state index in [-0.39, 0.29) is 17.9 Å². The van der Waals surface area contributed by atoms with Crippen LogP contribution in [0.2, 0.25) is 0 Å². The number of hydrogen-bond acceptors (Lipinski definition) is 3. The molecule has 17 heavy (non-hydrogen) atoms. The van der Waals surface area contributed by atoms with E-state index < -0.39 is 12.2 Å². The molecule has 0 aromatic carbocycles. The number of aryl methyl sites for hydroxylation is 1. The van der Waals surface area contributed by atoms with Crippen molar-refractivity contribution in [3.8, 4) is 11.9 Å². The molecule has 0 saturated carbocycles. The lowest BCUT2D eigenvalue weighted by atomic mass is 10.0. The Morgan fingerprint density at radius 3 is 2.59 bits per heavy atom. The molecule has 0 aliphatic heterocycles. The monoisotopic (exact) mass is 264 g/mol. The Hall–Kier alpha value is -1.48. The number of hydrogen-bond donors (Lipinski definition) is 0. The Kier molecular flexibility index (Phi) is 4.18. The lowest BCUT2D eigenvalue weighted by molar-refractivity contribution is -0.276. The highest BCUT2D eigenvalue weighted by Gasteiger charge is 2.33. The Bertz CT molecular complexity index is 454. The SMILES string of the molecule is Cc1cnc(OC(F)(F)F)c(CC#N)c1CCl. The Morgan fingerprint density at radius 2 is 2.12 bits per heavy atom. The average Bonchev–Trinajstić information content (AvgIpc) is 2.21. The van der Waals surface area contributed by atoms with Crippen LogP contribution >= 0.6 is 11.6 Å². The van der Waals surface area contributed by atoms with Crippen molar-refractivity contribution in [2.45, 2.75) is 25.6 Å². The van der Waals surface area contributed by atoms with Crippen LogP contribution in [0.25, 0.3) is 0 Å². The zero-order chi connectivity index (χ0) is 13.1. The first-order chi connectivity index (χ1) is 7.89. The van der Waals surface area contributed by atoms with Crippen LogP contribution in [0, 0.1) is 18.3 Å². The minimum absolute atomic E-state index is 0.000413. The molecule has 1 rings (SSSR count). The smallest absolute Gasteiger partial charge is 0.388 e. The van der Waals surface area contributed by atoms with Gasteiger partial charge in [0.1, 0.15) is 0 Å². The standard InChI is InChI=1S/C10H8ClF3N2O/c1-6-5-16-9(17-10(12,13)14)7(2-3-15)8(6)4-11/h5H,2,4H2,1H3. The second-order valence-corrected chi connectivity index (χ2v) is 3.49. The molecule has 1 aromatic rings. The summed E-state index contributed by atoms with van der Waals surface area (Å²) in [5.41, 5.74) is 1.15. The van der Waals surface area contributed by atoms with Gasteiger partial charge in [-0.25, -0.2) is 4.98 Å². The highest BCUT2D eigenvalue weighted by atomic mass is 35.5. The third kappa shape index (κ3) is 3.49. The number of nitrogens with zero attached hydrogens (tertiary/aromatic N) is 2. The van der Waals surface area contributed by atoms with Crippen LogP contribution in [0.5, 0.6) is 5.88 Å². The number of ether oxygens (including phenoxy) is 1. The second-order valence-electron chi connectivity index (χ2n) is 3.22. The first-order valence-electron chi connectivity index (χ1n) is 4.55. The largest absolute Gasteiger partial charge is 0.574 e. The van der Waals surface area contributed by atoms with E-state index in [4.69, 9.17) is 16.9 Å². The molecule has 0 bridgehead atoms. The van der Waals surface area contributed by atoms with Crippen LogP contribution in [-0.4, -0.2) is 11.3 Å². The molecule has 0 spiro atoms. The van der Waals surface area contributed by atoms with Gasteiger partial charge in [0.2, 0.25) is 5.88 Å². The van der Waals surface area contributed by atoms with Crippen molar-refractivity contribution in [3.63, 3.8) is 0 Å². The van der Waals surface area contributed by atoms with Crippen molar-refractivity contribution in [2.24, 2.45) is 0 Å². The summed E-state index contributed by atoms with van der Waals surface area (Å²) in [6.45, 7) is 1.66. The molecule has 0 fully saturated rings. The van der Waals surface area contributed by atoms with Crippen molar-refractivity contribution in [1.29, 1.82) is 5.26 Å². The Morgan fingerprint density at radius 1 is 1.47 bits per heavy atom. The molecule has 1 heterocycles. The van der Waals surface area contributed by atoms with Gasteiger partial charge in [0.15, 0.2) is 0 Å².